The molecule has 29 heavy (non-hydrogen) atoms. The van der Waals surface area contributed by atoms with Crippen LogP contribution in [0.1, 0.15) is 13.8 Å². The van der Waals surface area contributed by atoms with Gasteiger partial charge in [0.15, 0.2) is 0 Å². The summed E-state index contributed by atoms with van der Waals surface area (Å²) in [5, 5.41) is 16.6. The van der Waals surface area contributed by atoms with Crippen LogP contribution < -0.4 is 10.6 Å². The van der Waals surface area contributed by atoms with Crippen molar-refractivity contribution in [1.82, 2.24) is 15.2 Å². The first-order valence-electron chi connectivity index (χ1n) is 8.70. The number of esters is 1. The van der Waals surface area contributed by atoms with E-state index in [0.29, 0.717) is 15.4 Å². The number of hydrogen-bond acceptors (Lipinski definition) is 6. The van der Waals surface area contributed by atoms with Gasteiger partial charge in [-0.1, -0.05) is 29.8 Å². The zero-order valence-corrected chi connectivity index (χ0v) is 17.7. The highest BCUT2D eigenvalue weighted by Crippen LogP contribution is 2.30. The lowest BCUT2D eigenvalue weighted by Crippen LogP contribution is -2.48. The van der Waals surface area contributed by atoms with E-state index < -0.39 is 28.7 Å². The van der Waals surface area contributed by atoms with E-state index >= 15 is 0 Å². The maximum atomic E-state index is 12.2. The highest BCUT2D eigenvalue weighted by atomic mass is 79.9. The van der Waals surface area contributed by atoms with Crippen LogP contribution in [0.15, 0.2) is 28.9 Å². The molecule has 0 aliphatic carbocycles. The van der Waals surface area contributed by atoms with E-state index in [4.69, 9.17) is 0 Å². The molecule has 0 bridgehead atoms. The number of methoxy groups -OCH3 is 1. The van der Waals surface area contributed by atoms with E-state index in [-0.39, 0.29) is 24.7 Å². The lowest BCUT2D eigenvalue weighted by atomic mass is 10.0. The van der Waals surface area contributed by atoms with Crippen molar-refractivity contribution >= 4 is 50.3 Å². The topological polar surface area (TPSA) is 133 Å². The van der Waals surface area contributed by atoms with Gasteiger partial charge >= 0.3 is 5.97 Å². The second kappa shape index (κ2) is 9.50. The largest absolute Gasteiger partial charge is 0.467 e. The quantitative estimate of drug-likeness (QED) is 0.344. The Bertz CT molecular complexity index is 955. The van der Waals surface area contributed by atoms with Crippen LogP contribution in [0.3, 0.4) is 0 Å². The number of aromatic nitrogens is 1. The number of ether oxygens (including phenoxy) is 1. The molecule has 1 aromatic carbocycles. The molecule has 1 heterocycles. The van der Waals surface area contributed by atoms with Gasteiger partial charge in [-0.2, -0.15) is 0 Å². The zero-order valence-electron chi connectivity index (χ0n) is 16.1. The third-order valence-corrected chi connectivity index (χ3v) is 4.71. The first-order valence-corrected chi connectivity index (χ1v) is 9.50. The Balaban J connectivity index is 2.04. The maximum Gasteiger partial charge on any atom is 0.328 e. The van der Waals surface area contributed by atoms with Gasteiger partial charge in [0.2, 0.25) is 11.8 Å². The third kappa shape index (κ3) is 5.53. The number of benzene rings is 1. The molecule has 156 valence electrons. The molecule has 0 radical (unpaired) electrons. The standard InChI is InChI=1S/C18H21BrN4O6/c1-10(2)17(18(26)29-3)21-15(24)7-20-16(25)9-22-8-14(23(27)28)12-5-4-11(19)6-13(12)22/h4-6,8,10,17H,7,9H2,1-3H3,(H,20,25)(H,21,24)/t17-/m0/s1. The molecule has 11 heteroatoms. The van der Waals surface area contributed by atoms with Crippen LogP contribution in [0, 0.1) is 16.0 Å². The summed E-state index contributed by atoms with van der Waals surface area (Å²) < 4.78 is 6.80. The third-order valence-electron chi connectivity index (χ3n) is 4.22. The number of nitrogens with zero attached hydrogens (tertiary/aromatic N) is 2. The van der Waals surface area contributed by atoms with E-state index in [1.54, 1.807) is 32.0 Å². The monoisotopic (exact) mass is 468 g/mol. The number of halogens is 1. The zero-order chi connectivity index (χ0) is 21.7. The van der Waals surface area contributed by atoms with Gasteiger partial charge in [0, 0.05) is 4.47 Å². The molecule has 0 aliphatic heterocycles. The Kier molecular flexibility index (Phi) is 7.32. The van der Waals surface area contributed by atoms with Crippen molar-refractivity contribution in [2.45, 2.75) is 26.4 Å². The van der Waals surface area contributed by atoms with Gasteiger partial charge in [-0.3, -0.25) is 19.7 Å². The van der Waals surface area contributed by atoms with Crippen LogP contribution in [0.25, 0.3) is 10.9 Å². The fourth-order valence-electron chi connectivity index (χ4n) is 2.76. The number of nitro groups is 1. The molecule has 2 amide bonds. The predicted octanol–water partition coefficient (Wildman–Crippen LogP) is 1.74. The molecule has 1 atom stereocenters. The van der Waals surface area contributed by atoms with Crippen LogP contribution in [0.2, 0.25) is 0 Å². The van der Waals surface area contributed by atoms with Crippen molar-refractivity contribution in [2.24, 2.45) is 5.92 Å². The molecule has 0 saturated heterocycles. The second-order valence-electron chi connectivity index (χ2n) is 6.65. The first-order chi connectivity index (χ1) is 13.6. The minimum Gasteiger partial charge on any atom is -0.467 e. The van der Waals surface area contributed by atoms with Gasteiger partial charge in [-0.05, 0) is 24.1 Å². The van der Waals surface area contributed by atoms with E-state index in [0.717, 1.165) is 0 Å². The Morgan fingerprint density at radius 3 is 2.55 bits per heavy atom. The van der Waals surface area contributed by atoms with E-state index in [2.05, 4.69) is 31.3 Å². The van der Waals surface area contributed by atoms with Crippen molar-refractivity contribution < 1.29 is 24.0 Å². The van der Waals surface area contributed by atoms with Crippen LogP contribution in [-0.4, -0.2) is 47.0 Å². The van der Waals surface area contributed by atoms with Crippen LogP contribution in [-0.2, 0) is 25.7 Å². The number of carbonyl (C=O) groups is 3. The van der Waals surface area contributed by atoms with Gasteiger partial charge in [-0.25, -0.2) is 4.79 Å². The van der Waals surface area contributed by atoms with Crippen LogP contribution in [0.4, 0.5) is 5.69 Å². The lowest BCUT2D eigenvalue weighted by molar-refractivity contribution is -0.383. The highest BCUT2D eigenvalue weighted by Gasteiger charge is 2.25. The Labute approximate surface area is 174 Å². The number of rotatable bonds is 8. The summed E-state index contributed by atoms with van der Waals surface area (Å²) in [5.74, 6) is -1.82. The Hall–Kier alpha value is -2.95. The lowest BCUT2D eigenvalue weighted by Gasteiger charge is -2.19. The van der Waals surface area contributed by atoms with Crippen molar-refractivity contribution in [3.8, 4) is 0 Å². The average molecular weight is 469 g/mol. The van der Waals surface area contributed by atoms with Crippen molar-refractivity contribution in [3.05, 3.63) is 39.0 Å². The van der Waals surface area contributed by atoms with Gasteiger partial charge in [-0.15, -0.1) is 0 Å². The smallest absolute Gasteiger partial charge is 0.328 e. The average Bonchev–Trinajstić information content (AvgIpc) is 3.01. The first kappa shape index (κ1) is 22.3. The summed E-state index contributed by atoms with van der Waals surface area (Å²) in [6.45, 7) is 2.95. The SMILES string of the molecule is COC(=O)[C@@H](NC(=O)CNC(=O)Cn1cc([N+](=O)[O-])c2ccc(Br)cc21)C(C)C. The molecule has 0 fully saturated rings. The highest BCUT2D eigenvalue weighted by molar-refractivity contribution is 9.10. The summed E-state index contributed by atoms with van der Waals surface area (Å²) >= 11 is 3.31. The molecular formula is C18H21BrN4O6. The van der Waals surface area contributed by atoms with Crippen LogP contribution >= 0.6 is 15.9 Å². The van der Waals surface area contributed by atoms with E-state index in [1.807, 2.05) is 0 Å². The number of amides is 2. The van der Waals surface area contributed by atoms with Crippen molar-refractivity contribution in [3.63, 3.8) is 0 Å². The molecule has 1 aromatic heterocycles. The molecule has 0 saturated carbocycles. The Morgan fingerprint density at radius 1 is 1.28 bits per heavy atom. The summed E-state index contributed by atoms with van der Waals surface area (Å²) in [4.78, 5) is 46.7. The minimum absolute atomic E-state index is 0.115. The van der Waals surface area contributed by atoms with Crippen LogP contribution in [0.5, 0.6) is 0 Å². The van der Waals surface area contributed by atoms with E-state index in [9.17, 15) is 24.5 Å². The van der Waals surface area contributed by atoms with Crippen molar-refractivity contribution in [2.75, 3.05) is 13.7 Å². The molecule has 0 spiro atoms. The molecule has 0 aliphatic rings. The van der Waals surface area contributed by atoms with Gasteiger partial charge in [0.25, 0.3) is 5.69 Å². The number of carbonyl (C=O) groups excluding carboxylic acids is 3. The summed E-state index contributed by atoms with van der Waals surface area (Å²) in [6.07, 6.45) is 1.28. The minimum atomic E-state index is -0.821. The fourth-order valence-corrected chi connectivity index (χ4v) is 3.11. The number of hydrogen-bond donors (Lipinski definition) is 2. The summed E-state index contributed by atoms with van der Waals surface area (Å²) in [5.41, 5.74) is 0.395. The molecule has 2 aromatic rings. The van der Waals surface area contributed by atoms with Gasteiger partial charge in [0.1, 0.15) is 12.6 Å². The maximum absolute atomic E-state index is 12.2. The second-order valence-corrected chi connectivity index (χ2v) is 7.57. The van der Waals surface area contributed by atoms with Crippen molar-refractivity contribution in [1.29, 1.82) is 0 Å². The number of fused-ring (bicyclic) bond motifs is 1. The predicted molar refractivity (Wildman–Crippen MR) is 108 cm³/mol. The van der Waals surface area contributed by atoms with Gasteiger partial charge in [0.05, 0.1) is 35.7 Å². The molecule has 0 unspecified atom stereocenters. The Morgan fingerprint density at radius 2 is 1.97 bits per heavy atom. The molecular weight excluding hydrogens is 448 g/mol. The summed E-state index contributed by atoms with van der Waals surface area (Å²) in [7, 11) is 1.23. The van der Waals surface area contributed by atoms with Gasteiger partial charge < -0.3 is 19.9 Å². The normalized spacial score (nSPS) is 11.9. The number of nitrogens with one attached hydrogen (secondary N) is 2. The summed E-state index contributed by atoms with van der Waals surface area (Å²) in [6, 6.07) is 4.12. The molecule has 10 nitrogen and oxygen atoms in total. The molecule has 2 N–H and O–H groups in total. The van der Waals surface area contributed by atoms with E-state index in [1.165, 1.54) is 17.9 Å². The fraction of sp³-hybridized carbons (Fsp3) is 0.389. The molecule has 2 rings (SSSR count).